The number of amides is 1. The van der Waals surface area contributed by atoms with Crippen LogP contribution in [0.1, 0.15) is 74.3 Å². The van der Waals surface area contributed by atoms with E-state index in [2.05, 4.69) is 23.3 Å². The number of phenolic OH excluding ortho intramolecular Hbond substituents is 1. The van der Waals surface area contributed by atoms with Gasteiger partial charge in [-0.1, -0.05) is 13.0 Å². The lowest BCUT2D eigenvalue weighted by atomic mass is 9.53. The van der Waals surface area contributed by atoms with Crippen LogP contribution in [0.2, 0.25) is 0 Å². The van der Waals surface area contributed by atoms with Gasteiger partial charge in [0.15, 0.2) is 5.13 Å². The highest BCUT2D eigenvalue weighted by molar-refractivity contribution is 7.15. The van der Waals surface area contributed by atoms with Crippen LogP contribution in [0.4, 0.5) is 5.13 Å². The third kappa shape index (κ3) is 4.23. The maximum Gasteiger partial charge on any atom is 0.302 e. The number of carbonyl (C=O) groups excluding carboxylic acids is 2. The van der Waals surface area contributed by atoms with E-state index in [0.29, 0.717) is 41.0 Å². The third-order valence-corrected chi connectivity index (χ3v) is 9.51. The zero-order valence-electron chi connectivity index (χ0n) is 20.2. The molecular formula is C27H34N2O4S. The quantitative estimate of drug-likeness (QED) is 0.543. The van der Waals surface area contributed by atoms with Crippen LogP contribution in [0.25, 0.3) is 0 Å². The molecule has 0 bridgehead atoms. The number of phenols is 1. The first kappa shape index (κ1) is 23.3. The first-order valence-electron chi connectivity index (χ1n) is 12.5. The summed E-state index contributed by atoms with van der Waals surface area (Å²) in [4.78, 5) is 30.0. The molecule has 6 nitrogen and oxygen atoms in total. The second-order valence-corrected chi connectivity index (χ2v) is 12.0. The van der Waals surface area contributed by atoms with E-state index in [4.69, 9.17) is 4.74 Å². The Morgan fingerprint density at radius 1 is 1.32 bits per heavy atom. The Kier molecular flexibility index (Phi) is 6.17. The van der Waals surface area contributed by atoms with Crippen LogP contribution in [0.15, 0.2) is 24.4 Å². The minimum atomic E-state index is -0.214. The predicted molar refractivity (Wildman–Crippen MR) is 132 cm³/mol. The van der Waals surface area contributed by atoms with E-state index in [1.54, 1.807) is 6.20 Å². The highest BCUT2D eigenvalue weighted by atomic mass is 32.1. The van der Waals surface area contributed by atoms with E-state index in [1.165, 1.54) is 29.4 Å². The summed E-state index contributed by atoms with van der Waals surface area (Å²) < 4.78 is 5.90. The van der Waals surface area contributed by atoms with Gasteiger partial charge in [0.1, 0.15) is 11.9 Å². The van der Waals surface area contributed by atoms with E-state index in [9.17, 15) is 14.7 Å². The van der Waals surface area contributed by atoms with Crippen LogP contribution in [0.5, 0.6) is 5.75 Å². The van der Waals surface area contributed by atoms with Gasteiger partial charge in [-0.2, -0.15) is 0 Å². The molecule has 34 heavy (non-hydrogen) atoms. The fraction of sp³-hybridized carbons (Fsp3) is 0.593. The van der Waals surface area contributed by atoms with Crippen molar-refractivity contribution in [2.45, 2.75) is 77.7 Å². The summed E-state index contributed by atoms with van der Waals surface area (Å²) in [6.45, 7) is 5.79. The summed E-state index contributed by atoms with van der Waals surface area (Å²) in [5.74, 6) is 1.85. The summed E-state index contributed by atoms with van der Waals surface area (Å²) in [5.41, 5.74) is 2.59. The molecule has 1 aromatic carbocycles. The number of rotatable bonds is 5. The lowest BCUT2D eigenvalue weighted by Crippen LogP contribution is -2.46. The number of fused-ring (bicyclic) bond motifs is 5. The summed E-state index contributed by atoms with van der Waals surface area (Å²) >= 11 is 1.49. The van der Waals surface area contributed by atoms with Gasteiger partial charge in [-0.15, -0.1) is 11.3 Å². The fourth-order valence-electron chi connectivity index (χ4n) is 7.39. The number of aryl methyl sites for hydroxylation is 2. The van der Waals surface area contributed by atoms with Gasteiger partial charge in [-0.3, -0.25) is 9.59 Å². The lowest BCUT2D eigenvalue weighted by Gasteiger charge is -2.51. The number of nitrogens with zero attached hydrogens (tertiary/aromatic N) is 1. The molecule has 0 saturated heterocycles. The van der Waals surface area contributed by atoms with Crippen molar-refractivity contribution in [1.82, 2.24) is 4.98 Å². The van der Waals surface area contributed by atoms with Crippen molar-refractivity contribution >= 4 is 28.3 Å². The van der Waals surface area contributed by atoms with Gasteiger partial charge in [-0.25, -0.2) is 4.98 Å². The first-order valence-corrected chi connectivity index (χ1v) is 13.3. The van der Waals surface area contributed by atoms with Gasteiger partial charge in [0.2, 0.25) is 5.91 Å². The molecule has 2 N–H and O–H groups in total. The molecule has 0 aliphatic heterocycles. The van der Waals surface area contributed by atoms with Crippen molar-refractivity contribution < 1.29 is 19.4 Å². The summed E-state index contributed by atoms with van der Waals surface area (Å²) in [6, 6.07) is 5.85. The first-order chi connectivity index (χ1) is 16.2. The number of hydrogen-bond acceptors (Lipinski definition) is 6. The van der Waals surface area contributed by atoms with Crippen LogP contribution in [-0.2, 0) is 20.7 Å². The van der Waals surface area contributed by atoms with E-state index in [-0.39, 0.29) is 23.4 Å². The van der Waals surface area contributed by atoms with Gasteiger partial charge in [0.05, 0.1) is 0 Å². The van der Waals surface area contributed by atoms with Gasteiger partial charge in [0.25, 0.3) is 0 Å². The lowest BCUT2D eigenvalue weighted by molar-refractivity contribution is -0.154. The number of aromatic hydroxyl groups is 1. The molecule has 182 valence electrons. The molecule has 4 unspecified atom stereocenters. The van der Waals surface area contributed by atoms with Crippen LogP contribution in [0.3, 0.4) is 0 Å². The van der Waals surface area contributed by atoms with Crippen molar-refractivity contribution in [2.24, 2.45) is 23.2 Å². The summed E-state index contributed by atoms with van der Waals surface area (Å²) in [5, 5.41) is 13.6. The molecule has 3 aliphatic rings. The number of anilines is 1. The minimum absolute atomic E-state index is 0.00353. The Morgan fingerprint density at radius 3 is 2.88 bits per heavy atom. The molecular weight excluding hydrogens is 448 g/mol. The number of thiazole rings is 1. The van der Waals surface area contributed by atoms with E-state index < -0.39 is 0 Å². The third-order valence-electron chi connectivity index (χ3n) is 8.68. The number of ether oxygens (including phenoxy) is 1. The number of nitrogens with one attached hydrogen (secondary N) is 1. The molecule has 0 radical (unpaired) electrons. The molecule has 7 heteroatoms. The molecule has 5 rings (SSSR count). The van der Waals surface area contributed by atoms with E-state index in [0.717, 1.165) is 43.4 Å². The van der Waals surface area contributed by atoms with E-state index >= 15 is 0 Å². The molecule has 2 aromatic rings. The van der Waals surface area contributed by atoms with Gasteiger partial charge >= 0.3 is 5.97 Å². The molecule has 6 atom stereocenters. The predicted octanol–water partition coefficient (Wildman–Crippen LogP) is 5.59. The van der Waals surface area contributed by atoms with Crippen LogP contribution < -0.4 is 5.32 Å². The average Bonchev–Trinajstić information content (AvgIpc) is 3.31. The maximum absolute atomic E-state index is 12.7. The summed E-state index contributed by atoms with van der Waals surface area (Å²) in [6.07, 6.45) is 7.88. The standard InChI is InChI=1S/C27H34N2O4S/c1-15-14-28-26(34-15)29-24(32)9-5-18-13-23(33-16(2)30)27(3)11-10-21-20-8-6-19(31)12-17(20)4-7-22(21)25(18)27/h6,8,12,14,18,21-23,25,31H,4-5,7,9-11,13H2,1-3H3,(H,28,29,32)/t18-,21?,22?,23?,25?,27-/m1/s1. The molecule has 1 amide bonds. The zero-order valence-corrected chi connectivity index (χ0v) is 21.0. The van der Waals surface area contributed by atoms with Crippen molar-refractivity contribution in [2.75, 3.05) is 5.32 Å². The molecule has 2 fully saturated rings. The van der Waals surface area contributed by atoms with Crippen molar-refractivity contribution in [3.05, 3.63) is 40.4 Å². The highest BCUT2D eigenvalue weighted by Gasteiger charge is 2.59. The Hall–Kier alpha value is -2.41. The Morgan fingerprint density at radius 2 is 2.15 bits per heavy atom. The van der Waals surface area contributed by atoms with E-state index in [1.807, 2.05) is 19.1 Å². The topological polar surface area (TPSA) is 88.5 Å². The van der Waals surface area contributed by atoms with Gasteiger partial charge < -0.3 is 15.2 Å². The molecule has 1 heterocycles. The van der Waals surface area contributed by atoms with Crippen molar-refractivity contribution in [3.8, 4) is 5.75 Å². The number of hydrogen-bond donors (Lipinski definition) is 2. The van der Waals surface area contributed by atoms with Crippen molar-refractivity contribution in [1.29, 1.82) is 0 Å². The minimum Gasteiger partial charge on any atom is -0.508 e. The number of esters is 1. The number of benzene rings is 1. The average molecular weight is 483 g/mol. The smallest absolute Gasteiger partial charge is 0.302 e. The summed E-state index contributed by atoms with van der Waals surface area (Å²) in [7, 11) is 0. The SMILES string of the molecule is CC(=O)OC1C[C@@H](CCC(=O)Nc2ncc(C)s2)C2C3CCc4cc(O)ccc4C3CC[C@]12C. The van der Waals surface area contributed by atoms with Crippen molar-refractivity contribution in [3.63, 3.8) is 0 Å². The zero-order chi connectivity index (χ0) is 24.0. The number of aromatic nitrogens is 1. The molecule has 2 saturated carbocycles. The molecule has 3 aliphatic carbocycles. The molecule has 0 spiro atoms. The van der Waals surface area contributed by atoms with Gasteiger partial charge in [-0.05, 0) is 92.4 Å². The molecule has 1 aromatic heterocycles. The Bertz CT molecular complexity index is 1100. The second-order valence-electron chi connectivity index (χ2n) is 10.7. The Labute approximate surface area is 205 Å². The maximum atomic E-state index is 12.7. The highest BCUT2D eigenvalue weighted by Crippen LogP contribution is 2.64. The monoisotopic (exact) mass is 482 g/mol. The second kappa shape index (κ2) is 8.99. The number of carbonyl (C=O) groups is 2. The van der Waals surface area contributed by atoms with Gasteiger partial charge in [0, 0.05) is 29.8 Å². The fourth-order valence-corrected chi connectivity index (χ4v) is 8.07. The Balaban J connectivity index is 1.37. The van der Waals surface area contributed by atoms with Crippen LogP contribution in [0, 0.1) is 30.1 Å². The van der Waals surface area contributed by atoms with Crippen LogP contribution in [-0.4, -0.2) is 28.1 Å². The largest absolute Gasteiger partial charge is 0.508 e. The van der Waals surface area contributed by atoms with Crippen LogP contribution >= 0.6 is 11.3 Å². The normalized spacial score (nSPS) is 31.8.